The minimum atomic E-state index is -0.346. The van der Waals surface area contributed by atoms with Crippen molar-refractivity contribution < 1.29 is 4.39 Å². The Labute approximate surface area is 151 Å². The van der Waals surface area contributed by atoms with Gasteiger partial charge >= 0.3 is 0 Å². The average Bonchev–Trinajstić information content (AvgIpc) is 2.67. The summed E-state index contributed by atoms with van der Waals surface area (Å²) < 4.78 is 14.8. The van der Waals surface area contributed by atoms with Gasteiger partial charge in [0.1, 0.15) is 5.82 Å². The molecule has 0 atom stereocenters. The Balaban J connectivity index is 2.20. The Kier molecular flexibility index (Phi) is 5.41. The number of rotatable bonds is 6. The highest BCUT2D eigenvalue weighted by Crippen LogP contribution is 2.28. The Bertz CT molecular complexity index is 937. The fourth-order valence-electron chi connectivity index (χ4n) is 2.73. The number of pyridine rings is 1. The largest absolute Gasteiger partial charge is 0.356 e. The highest BCUT2D eigenvalue weighted by atomic mass is 19.1. The highest BCUT2D eigenvalue weighted by molar-refractivity contribution is 5.80. The lowest BCUT2D eigenvalue weighted by Crippen LogP contribution is -2.25. The first-order valence-corrected chi connectivity index (χ1v) is 8.63. The van der Waals surface area contributed by atoms with Crippen LogP contribution in [0.4, 0.5) is 10.3 Å². The molecule has 0 aliphatic heterocycles. The molecule has 0 aliphatic rings. The van der Waals surface area contributed by atoms with Crippen LogP contribution in [0, 0.1) is 5.82 Å². The van der Waals surface area contributed by atoms with E-state index in [1.807, 2.05) is 12.1 Å². The zero-order valence-electron chi connectivity index (χ0n) is 14.9. The van der Waals surface area contributed by atoms with E-state index in [2.05, 4.69) is 17.2 Å². The number of benzene rings is 1. The van der Waals surface area contributed by atoms with Crippen LogP contribution in [-0.4, -0.2) is 21.1 Å². The fraction of sp³-hybridized carbons (Fsp3) is 0.250. The van der Waals surface area contributed by atoms with Crippen molar-refractivity contribution in [2.24, 2.45) is 7.05 Å². The molecule has 0 amide bonds. The number of hydrogen-bond donors (Lipinski definition) is 1. The number of unbranched alkanes of at least 4 members (excludes halogenated alkanes) is 1. The Morgan fingerprint density at radius 1 is 1.08 bits per heavy atom. The summed E-state index contributed by atoms with van der Waals surface area (Å²) in [7, 11) is 1.69. The van der Waals surface area contributed by atoms with E-state index >= 15 is 0 Å². The maximum absolute atomic E-state index is 13.3. The van der Waals surface area contributed by atoms with Crippen molar-refractivity contribution in [3.8, 4) is 22.4 Å². The van der Waals surface area contributed by atoms with Gasteiger partial charge < -0.3 is 5.32 Å². The number of nitrogens with zero attached hydrogens (tertiary/aromatic N) is 3. The van der Waals surface area contributed by atoms with Gasteiger partial charge in [0.05, 0.1) is 11.3 Å². The normalized spacial score (nSPS) is 10.7. The van der Waals surface area contributed by atoms with Gasteiger partial charge in [-0.05, 0) is 36.2 Å². The lowest BCUT2D eigenvalue weighted by Gasteiger charge is -2.15. The van der Waals surface area contributed by atoms with Gasteiger partial charge in [0.25, 0.3) is 5.56 Å². The molecule has 0 saturated heterocycles. The zero-order chi connectivity index (χ0) is 18.5. The van der Waals surface area contributed by atoms with Crippen LogP contribution in [0.25, 0.3) is 22.4 Å². The molecule has 2 heterocycles. The predicted molar refractivity (Wildman–Crippen MR) is 102 cm³/mol. The van der Waals surface area contributed by atoms with Crippen LogP contribution in [0.5, 0.6) is 0 Å². The molecule has 3 aromatic rings. The number of anilines is 1. The van der Waals surface area contributed by atoms with E-state index in [4.69, 9.17) is 4.98 Å². The first-order chi connectivity index (χ1) is 12.6. The maximum Gasteiger partial charge on any atom is 0.263 e. The molecule has 1 aromatic carbocycles. The van der Waals surface area contributed by atoms with E-state index in [1.165, 1.54) is 16.7 Å². The maximum atomic E-state index is 13.3. The minimum Gasteiger partial charge on any atom is -0.356 e. The molecule has 134 valence electrons. The molecule has 3 rings (SSSR count). The van der Waals surface area contributed by atoms with Crippen LogP contribution in [-0.2, 0) is 7.05 Å². The number of halogens is 1. The van der Waals surface area contributed by atoms with Crippen molar-refractivity contribution in [2.45, 2.75) is 19.8 Å². The van der Waals surface area contributed by atoms with Gasteiger partial charge in [0.15, 0.2) is 0 Å². The molecule has 6 heteroatoms. The third-order valence-electron chi connectivity index (χ3n) is 4.19. The molecule has 1 N–H and O–H groups in total. The van der Waals surface area contributed by atoms with Gasteiger partial charge in [-0.15, -0.1) is 0 Å². The lowest BCUT2D eigenvalue weighted by molar-refractivity contribution is 0.628. The van der Waals surface area contributed by atoms with Crippen LogP contribution in [0.15, 0.2) is 53.6 Å². The SMILES string of the molecule is CCCCNc1nc(-c2ccncc2)c(-c2ccc(F)cc2)c(=O)n1C. The smallest absolute Gasteiger partial charge is 0.263 e. The van der Waals surface area contributed by atoms with Gasteiger partial charge in [0, 0.05) is 31.5 Å². The van der Waals surface area contributed by atoms with Crippen LogP contribution >= 0.6 is 0 Å². The number of nitrogens with one attached hydrogen (secondary N) is 1. The summed E-state index contributed by atoms with van der Waals surface area (Å²) in [6.45, 7) is 2.84. The zero-order valence-corrected chi connectivity index (χ0v) is 14.9. The van der Waals surface area contributed by atoms with Gasteiger partial charge in [-0.25, -0.2) is 9.37 Å². The molecule has 26 heavy (non-hydrogen) atoms. The number of aromatic nitrogens is 3. The quantitative estimate of drug-likeness (QED) is 0.685. The van der Waals surface area contributed by atoms with E-state index < -0.39 is 0 Å². The third-order valence-corrected chi connectivity index (χ3v) is 4.19. The van der Waals surface area contributed by atoms with E-state index in [0.717, 1.165) is 24.9 Å². The van der Waals surface area contributed by atoms with Crippen LogP contribution in [0.1, 0.15) is 19.8 Å². The summed E-state index contributed by atoms with van der Waals surface area (Å²) >= 11 is 0. The minimum absolute atomic E-state index is 0.183. The molecular weight excluding hydrogens is 331 g/mol. The van der Waals surface area contributed by atoms with Crippen molar-refractivity contribution in [2.75, 3.05) is 11.9 Å². The summed E-state index contributed by atoms with van der Waals surface area (Å²) in [4.78, 5) is 21.8. The van der Waals surface area contributed by atoms with Crippen molar-refractivity contribution in [1.29, 1.82) is 0 Å². The summed E-state index contributed by atoms with van der Waals surface area (Å²) in [5.74, 6) is 0.169. The molecule has 0 radical (unpaired) electrons. The van der Waals surface area contributed by atoms with Gasteiger partial charge in [-0.1, -0.05) is 25.5 Å². The van der Waals surface area contributed by atoms with Gasteiger partial charge in [-0.3, -0.25) is 14.3 Å². The van der Waals surface area contributed by atoms with Crippen LogP contribution < -0.4 is 10.9 Å². The van der Waals surface area contributed by atoms with Gasteiger partial charge in [-0.2, -0.15) is 0 Å². The molecule has 0 aliphatic carbocycles. The lowest BCUT2D eigenvalue weighted by atomic mass is 10.0. The second-order valence-corrected chi connectivity index (χ2v) is 6.05. The standard InChI is InChI=1S/C20H21FN4O/c1-3-4-11-23-20-24-18(15-9-12-22-13-10-15)17(19(26)25(20)2)14-5-7-16(21)8-6-14/h5-10,12-13H,3-4,11H2,1-2H3,(H,23,24). The monoisotopic (exact) mass is 352 g/mol. The van der Waals surface area contributed by atoms with Crippen molar-refractivity contribution in [3.05, 3.63) is 65.0 Å². The molecule has 0 fully saturated rings. The van der Waals surface area contributed by atoms with Crippen molar-refractivity contribution in [1.82, 2.24) is 14.5 Å². The van der Waals surface area contributed by atoms with E-state index in [9.17, 15) is 9.18 Å². The average molecular weight is 352 g/mol. The van der Waals surface area contributed by atoms with E-state index in [0.29, 0.717) is 22.8 Å². The molecule has 0 spiro atoms. The topological polar surface area (TPSA) is 59.8 Å². The molecule has 0 unspecified atom stereocenters. The van der Waals surface area contributed by atoms with E-state index in [1.54, 1.807) is 31.6 Å². The molecule has 5 nitrogen and oxygen atoms in total. The molecule has 2 aromatic heterocycles. The Morgan fingerprint density at radius 3 is 2.42 bits per heavy atom. The fourth-order valence-corrected chi connectivity index (χ4v) is 2.73. The van der Waals surface area contributed by atoms with E-state index in [-0.39, 0.29) is 11.4 Å². The van der Waals surface area contributed by atoms with Gasteiger partial charge in [0.2, 0.25) is 5.95 Å². The highest BCUT2D eigenvalue weighted by Gasteiger charge is 2.18. The molecular formula is C20H21FN4O. The predicted octanol–water partition coefficient (Wildman–Crippen LogP) is 3.86. The first kappa shape index (κ1) is 17.8. The summed E-state index contributed by atoms with van der Waals surface area (Å²) in [6.07, 6.45) is 5.35. The second-order valence-electron chi connectivity index (χ2n) is 6.05. The second kappa shape index (κ2) is 7.91. The summed E-state index contributed by atoms with van der Waals surface area (Å²) in [5, 5.41) is 3.23. The summed E-state index contributed by atoms with van der Waals surface area (Å²) in [5.41, 5.74) is 2.24. The first-order valence-electron chi connectivity index (χ1n) is 8.63. The Morgan fingerprint density at radius 2 is 1.77 bits per heavy atom. The van der Waals surface area contributed by atoms with Crippen molar-refractivity contribution >= 4 is 5.95 Å². The summed E-state index contributed by atoms with van der Waals surface area (Å²) in [6, 6.07) is 9.51. The third kappa shape index (κ3) is 3.64. The van der Waals surface area contributed by atoms with Crippen LogP contribution in [0.3, 0.4) is 0 Å². The Hall–Kier alpha value is -3.02. The molecule has 0 saturated carbocycles. The molecule has 0 bridgehead atoms. The number of hydrogen-bond acceptors (Lipinski definition) is 4. The van der Waals surface area contributed by atoms with Crippen molar-refractivity contribution in [3.63, 3.8) is 0 Å². The van der Waals surface area contributed by atoms with Crippen LogP contribution in [0.2, 0.25) is 0 Å².